The molecule has 0 bridgehead atoms. The van der Waals surface area contributed by atoms with Crippen LogP contribution < -0.4 is 5.73 Å². The maximum atomic E-state index is 12.5. The zero-order valence-electron chi connectivity index (χ0n) is 11.4. The van der Waals surface area contributed by atoms with Gasteiger partial charge in [-0.1, -0.05) is 17.2 Å². The molecule has 1 amide bonds. The second-order valence-electron chi connectivity index (χ2n) is 5.43. The van der Waals surface area contributed by atoms with Gasteiger partial charge in [-0.05, 0) is 44.7 Å². The summed E-state index contributed by atoms with van der Waals surface area (Å²) < 4.78 is 0. The van der Waals surface area contributed by atoms with E-state index < -0.39 is 0 Å². The first-order valence-corrected chi connectivity index (χ1v) is 6.58. The summed E-state index contributed by atoms with van der Waals surface area (Å²) in [6.07, 6.45) is 2.40. The van der Waals surface area contributed by atoms with Gasteiger partial charge in [-0.15, -0.1) is 0 Å². The molecule has 3 nitrogen and oxygen atoms in total. The number of rotatable bonds is 4. The Bertz CT molecular complexity index is 432. The van der Waals surface area contributed by atoms with Gasteiger partial charge in [0.05, 0.1) is 0 Å². The summed E-state index contributed by atoms with van der Waals surface area (Å²) in [6, 6.07) is 6.18. The summed E-state index contributed by atoms with van der Waals surface area (Å²) in [4.78, 5) is 14.3. The number of amides is 1. The quantitative estimate of drug-likeness (QED) is 0.884. The van der Waals surface area contributed by atoms with Crippen LogP contribution >= 0.6 is 0 Å². The summed E-state index contributed by atoms with van der Waals surface area (Å²) in [5.74, 6) is 0.694. The molecule has 98 valence electrons. The van der Waals surface area contributed by atoms with E-state index in [1.165, 1.54) is 12.8 Å². The Labute approximate surface area is 109 Å². The van der Waals surface area contributed by atoms with Crippen molar-refractivity contribution in [2.24, 2.45) is 11.7 Å². The van der Waals surface area contributed by atoms with E-state index in [4.69, 9.17) is 5.73 Å². The van der Waals surface area contributed by atoms with Crippen LogP contribution in [0.1, 0.15) is 34.3 Å². The van der Waals surface area contributed by atoms with Crippen LogP contribution in [0.25, 0.3) is 0 Å². The van der Waals surface area contributed by atoms with Crippen LogP contribution in [0.4, 0.5) is 0 Å². The van der Waals surface area contributed by atoms with Crippen molar-refractivity contribution in [1.29, 1.82) is 0 Å². The molecule has 18 heavy (non-hydrogen) atoms. The van der Waals surface area contributed by atoms with Crippen LogP contribution in [-0.4, -0.2) is 30.4 Å². The van der Waals surface area contributed by atoms with Gasteiger partial charge in [-0.3, -0.25) is 4.79 Å². The highest BCUT2D eigenvalue weighted by atomic mass is 16.2. The van der Waals surface area contributed by atoms with Gasteiger partial charge < -0.3 is 10.6 Å². The van der Waals surface area contributed by atoms with Gasteiger partial charge in [-0.25, -0.2) is 0 Å². The topological polar surface area (TPSA) is 46.3 Å². The molecule has 0 heterocycles. The van der Waals surface area contributed by atoms with E-state index in [0.717, 1.165) is 16.7 Å². The number of carbonyl (C=O) groups excluding carboxylic acids is 1. The van der Waals surface area contributed by atoms with Gasteiger partial charge in [0.1, 0.15) is 0 Å². The van der Waals surface area contributed by atoms with E-state index in [9.17, 15) is 4.79 Å². The number of hydrogen-bond donors (Lipinski definition) is 1. The molecule has 1 saturated carbocycles. The third-order valence-corrected chi connectivity index (χ3v) is 3.69. The second kappa shape index (κ2) is 5.11. The van der Waals surface area contributed by atoms with Crippen LogP contribution in [0.5, 0.6) is 0 Å². The van der Waals surface area contributed by atoms with Crippen LogP contribution in [0.15, 0.2) is 18.2 Å². The molecule has 2 N–H and O–H groups in total. The number of likely N-dealkylation sites (N-methyl/N-ethyl adjacent to an activating group) is 1. The first-order valence-electron chi connectivity index (χ1n) is 6.58. The zero-order chi connectivity index (χ0) is 13.3. The maximum absolute atomic E-state index is 12.5. The minimum atomic E-state index is 0.0872. The fraction of sp³-hybridized carbons (Fsp3) is 0.533. The van der Waals surface area contributed by atoms with Gasteiger partial charge in [0.25, 0.3) is 5.91 Å². The largest absolute Gasteiger partial charge is 0.337 e. The van der Waals surface area contributed by atoms with E-state index in [1.807, 2.05) is 37.9 Å². The highest BCUT2D eigenvalue weighted by Gasteiger charge is 2.35. The Balaban J connectivity index is 2.18. The predicted octanol–water partition coefficient (Wildman–Crippen LogP) is 2.11. The Morgan fingerprint density at radius 3 is 2.33 bits per heavy atom. The lowest BCUT2D eigenvalue weighted by Gasteiger charge is -2.27. The van der Waals surface area contributed by atoms with Crippen molar-refractivity contribution < 1.29 is 4.79 Å². The van der Waals surface area contributed by atoms with Gasteiger partial charge in [-0.2, -0.15) is 0 Å². The SMILES string of the molecule is Cc1cc(C)cc(C(=O)N(C)C(CN)C2CC2)c1. The first-order chi connectivity index (χ1) is 8.52. The first kappa shape index (κ1) is 13.1. The molecular formula is C15H22N2O. The molecule has 1 aliphatic rings. The third kappa shape index (κ3) is 2.72. The van der Waals surface area contributed by atoms with Crippen LogP contribution in [-0.2, 0) is 0 Å². The van der Waals surface area contributed by atoms with Crippen molar-refractivity contribution in [1.82, 2.24) is 4.90 Å². The third-order valence-electron chi connectivity index (χ3n) is 3.69. The highest BCUT2D eigenvalue weighted by Crippen LogP contribution is 2.34. The number of carbonyl (C=O) groups is 1. The number of nitrogens with zero attached hydrogens (tertiary/aromatic N) is 1. The van der Waals surface area contributed by atoms with E-state index in [2.05, 4.69) is 6.07 Å². The van der Waals surface area contributed by atoms with Gasteiger partial charge >= 0.3 is 0 Å². The maximum Gasteiger partial charge on any atom is 0.253 e. The van der Waals surface area contributed by atoms with Crippen LogP contribution in [0.2, 0.25) is 0 Å². The monoisotopic (exact) mass is 246 g/mol. The second-order valence-corrected chi connectivity index (χ2v) is 5.43. The lowest BCUT2D eigenvalue weighted by molar-refractivity contribution is 0.0718. The molecule has 2 rings (SSSR count). The van der Waals surface area contributed by atoms with Gasteiger partial charge in [0, 0.05) is 25.2 Å². The molecule has 1 fully saturated rings. The Morgan fingerprint density at radius 1 is 1.33 bits per heavy atom. The molecule has 1 aromatic carbocycles. The minimum Gasteiger partial charge on any atom is -0.337 e. The fourth-order valence-corrected chi connectivity index (χ4v) is 2.60. The van der Waals surface area contributed by atoms with Crippen molar-refractivity contribution >= 4 is 5.91 Å². The number of benzene rings is 1. The molecule has 1 atom stereocenters. The molecule has 0 radical (unpaired) electrons. The summed E-state index contributed by atoms with van der Waals surface area (Å²) in [5.41, 5.74) is 8.82. The molecule has 0 spiro atoms. The molecule has 0 aromatic heterocycles. The van der Waals surface area contributed by atoms with Crippen LogP contribution in [0, 0.1) is 19.8 Å². The van der Waals surface area contributed by atoms with Gasteiger partial charge in [0.2, 0.25) is 0 Å². The van der Waals surface area contributed by atoms with E-state index >= 15 is 0 Å². The smallest absolute Gasteiger partial charge is 0.253 e. The fourth-order valence-electron chi connectivity index (χ4n) is 2.60. The van der Waals surface area contributed by atoms with Crippen molar-refractivity contribution in [3.63, 3.8) is 0 Å². The van der Waals surface area contributed by atoms with Crippen molar-refractivity contribution in [2.45, 2.75) is 32.7 Å². The summed E-state index contributed by atoms with van der Waals surface area (Å²) in [5, 5.41) is 0. The molecule has 1 aromatic rings. The summed E-state index contributed by atoms with van der Waals surface area (Å²) in [6.45, 7) is 4.59. The van der Waals surface area contributed by atoms with E-state index in [1.54, 1.807) is 0 Å². The number of hydrogen-bond acceptors (Lipinski definition) is 2. The van der Waals surface area contributed by atoms with Crippen molar-refractivity contribution in [2.75, 3.05) is 13.6 Å². The van der Waals surface area contributed by atoms with E-state index in [0.29, 0.717) is 12.5 Å². The average Bonchev–Trinajstić information content (AvgIpc) is 3.12. The molecule has 0 saturated heterocycles. The molecule has 0 aliphatic heterocycles. The van der Waals surface area contributed by atoms with Gasteiger partial charge in [0.15, 0.2) is 0 Å². The number of aryl methyl sites for hydroxylation is 2. The Kier molecular flexibility index (Phi) is 3.71. The van der Waals surface area contributed by atoms with Crippen molar-refractivity contribution in [3.8, 4) is 0 Å². The standard InChI is InChI=1S/C15H22N2O/c1-10-6-11(2)8-13(7-10)15(18)17(3)14(9-16)12-4-5-12/h6-8,12,14H,4-5,9,16H2,1-3H3. The zero-order valence-corrected chi connectivity index (χ0v) is 11.4. The summed E-state index contributed by atoms with van der Waals surface area (Å²) >= 11 is 0. The molecular weight excluding hydrogens is 224 g/mol. The normalized spacial score (nSPS) is 16.4. The van der Waals surface area contributed by atoms with Crippen molar-refractivity contribution in [3.05, 3.63) is 34.9 Å². The highest BCUT2D eigenvalue weighted by molar-refractivity contribution is 5.94. The lowest BCUT2D eigenvalue weighted by atomic mass is 10.0. The molecule has 1 aliphatic carbocycles. The molecule has 3 heteroatoms. The lowest BCUT2D eigenvalue weighted by Crippen LogP contribution is -2.43. The Hall–Kier alpha value is -1.35. The minimum absolute atomic E-state index is 0.0872. The average molecular weight is 246 g/mol. The van der Waals surface area contributed by atoms with Crippen LogP contribution in [0.3, 0.4) is 0 Å². The Morgan fingerprint density at radius 2 is 1.89 bits per heavy atom. The number of nitrogens with two attached hydrogens (primary N) is 1. The predicted molar refractivity (Wildman–Crippen MR) is 73.6 cm³/mol. The molecule has 1 unspecified atom stereocenters. The summed E-state index contributed by atoms with van der Waals surface area (Å²) in [7, 11) is 1.87. The van der Waals surface area contributed by atoms with E-state index in [-0.39, 0.29) is 11.9 Å².